The molecule has 2 aromatic heterocycles. The topological polar surface area (TPSA) is 85.1 Å². The Morgan fingerprint density at radius 2 is 2.26 bits per heavy atom. The monoisotopic (exact) mass is 277 g/mol. The van der Waals surface area contributed by atoms with Crippen LogP contribution in [-0.2, 0) is 4.79 Å². The van der Waals surface area contributed by atoms with E-state index in [4.69, 9.17) is 5.11 Å². The van der Waals surface area contributed by atoms with Crippen molar-refractivity contribution >= 4 is 17.7 Å². The highest BCUT2D eigenvalue weighted by Gasteiger charge is 2.10. The maximum absolute atomic E-state index is 11.3. The lowest BCUT2D eigenvalue weighted by molar-refractivity contribution is -0.133. The maximum Gasteiger partial charge on any atom is 0.313 e. The van der Waals surface area contributed by atoms with E-state index in [1.807, 2.05) is 13.0 Å². The molecule has 0 aliphatic heterocycles. The zero-order valence-electron chi connectivity index (χ0n) is 10.1. The molecule has 0 aliphatic rings. The van der Waals surface area contributed by atoms with Crippen LogP contribution in [0.15, 0.2) is 40.7 Å². The van der Waals surface area contributed by atoms with E-state index in [0.29, 0.717) is 5.16 Å². The van der Waals surface area contributed by atoms with Gasteiger partial charge in [-0.05, 0) is 18.6 Å². The molecule has 0 atom stereocenters. The van der Waals surface area contributed by atoms with Crippen LogP contribution in [0.3, 0.4) is 0 Å². The summed E-state index contributed by atoms with van der Waals surface area (Å²) in [6.45, 7) is 1.90. The lowest BCUT2D eigenvalue weighted by Crippen LogP contribution is -2.14. The molecule has 6 nitrogen and oxygen atoms in total. The van der Waals surface area contributed by atoms with Gasteiger partial charge < -0.3 is 5.11 Å². The highest BCUT2D eigenvalue weighted by atomic mass is 32.2. The summed E-state index contributed by atoms with van der Waals surface area (Å²) >= 11 is 0.997. The Labute approximate surface area is 113 Å². The van der Waals surface area contributed by atoms with E-state index in [-0.39, 0.29) is 5.75 Å². The molecule has 0 radical (unpaired) electrons. The fraction of sp³-hybridized carbons (Fsp3) is 0.167. The number of aryl methyl sites for hydroxylation is 1. The molecule has 0 amide bonds. The highest BCUT2D eigenvalue weighted by molar-refractivity contribution is 7.99. The third kappa shape index (κ3) is 3.19. The van der Waals surface area contributed by atoms with Gasteiger partial charge in [-0.25, -0.2) is 0 Å². The number of hydrogen-bond donors (Lipinski definition) is 1. The van der Waals surface area contributed by atoms with Crippen molar-refractivity contribution in [2.45, 2.75) is 12.1 Å². The summed E-state index contributed by atoms with van der Waals surface area (Å²) in [7, 11) is 0. The summed E-state index contributed by atoms with van der Waals surface area (Å²) in [6, 6.07) is 3.16. The quantitative estimate of drug-likeness (QED) is 0.665. The van der Waals surface area contributed by atoms with Crippen molar-refractivity contribution in [1.82, 2.24) is 14.5 Å². The van der Waals surface area contributed by atoms with Gasteiger partial charge in [0.15, 0.2) is 5.16 Å². The molecule has 0 saturated carbocycles. The van der Waals surface area contributed by atoms with E-state index in [0.717, 1.165) is 23.0 Å². The Morgan fingerprint density at radius 1 is 1.47 bits per heavy atom. The van der Waals surface area contributed by atoms with E-state index < -0.39 is 11.5 Å². The van der Waals surface area contributed by atoms with Gasteiger partial charge >= 0.3 is 5.97 Å². The summed E-state index contributed by atoms with van der Waals surface area (Å²) < 4.78 is 1.66. The third-order valence-electron chi connectivity index (χ3n) is 2.37. The maximum atomic E-state index is 11.3. The summed E-state index contributed by atoms with van der Waals surface area (Å²) in [5.74, 6) is -1.12. The largest absolute Gasteiger partial charge is 0.481 e. The first kappa shape index (κ1) is 13.3. The van der Waals surface area contributed by atoms with E-state index in [9.17, 15) is 9.59 Å². The van der Waals surface area contributed by atoms with Crippen molar-refractivity contribution < 1.29 is 9.90 Å². The van der Waals surface area contributed by atoms with Gasteiger partial charge in [0.2, 0.25) is 0 Å². The fourth-order valence-electron chi connectivity index (χ4n) is 1.51. The minimum Gasteiger partial charge on any atom is -0.481 e. The highest BCUT2D eigenvalue weighted by Crippen LogP contribution is 2.20. The minimum absolute atomic E-state index is 0.157. The Kier molecular flexibility index (Phi) is 3.96. The zero-order valence-corrected chi connectivity index (χ0v) is 10.9. The van der Waals surface area contributed by atoms with Crippen LogP contribution in [-0.4, -0.2) is 31.4 Å². The summed E-state index contributed by atoms with van der Waals surface area (Å²) in [6.07, 6.45) is 4.88. The second-order valence-corrected chi connectivity index (χ2v) is 4.71. The molecule has 0 fully saturated rings. The number of aliphatic carboxylic acids is 1. The van der Waals surface area contributed by atoms with Crippen LogP contribution in [0.1, 0.15) is 5.56 Å². The molecule has 2 aromatic rings. The number of aromatic nitrogens is 3. The molecule has 0 bridgehead atoms. The van der Waals surface area contributed by atoms with E-state index in [1.54, 1.807) is 23.2 Å². The smallest absolute Gasteiger partial charge is 0.313 e. The second-order valence-electron chi connectivity index (χ2n) is 3.76. The number of carboxylic acids is 1. The molecular weight excluding hydrogens is 266 g/mol. The number of nitrogens with zero attached hydrogens (tertiary/aromatic N) is 3. The van der Waals surface area contributed by atoms with Gasteiger partial charge in [0.05, 0.1) is 17.6 Å². The summed E-state index contributed by atoms with van der Waals surface area (Å²) in [5, 5.41) is 9.05. The lowest BCUT2D eigenvalue weighted by Gasteiger charge is -2.12. The predicted octanol–water partition coefficient (Wildman–Crippen LogP) is 1.11. The molecule has 0 saturated heterocycles. The molecule has 0 spiro atoms. The Balaban J connectivity index is 2.48. The van der Waals surface area contributed by atoms with Crippen molar-refractivity contribution in [1.29, 1.82) is 0 Å². The molecule has 98 valence electrons. The van der Waals surface area contributed by atoms with Crippen molar-refractivity contribution in [3.8, 4) is 5.69 Å². The van der Waals surface area contributed by atoms with Crippen LogP contribution in [0.4, 0.5) is 0 Å². The van der Waals surface area contributed by atoms with E-state index in [1.165, 1.54) is 6.07 Å². The molecule has 0 unspecified atom stereocenters. The van der Waals surface area contributed by atoms with E-state index >= 15 is 0 Å². The molecular formula is C12H11N3O3S. The summed E-state index contributed by atoms with van der Waals surface area (Å²) in [4.78, 5) is 29.8. The average molecular weight is 277 g/mol. The van der Waals surface area contributed by atoms with Crippen LogP contribution >= 0.6 is 11.8 Å². The van der Waals surface area contributed by atoms with Crippen molar-refractivity contribution in [2.75, 3.05) is 5.75 Å². The normalized spacial score (nSPS) is 10.4. The van der Waals surface area contributed by atoms with Gasteiger partial charge in [0.25, 0.3) is 5.56 Å². The number of hydrogen-bond acceptors (Lipinski definition) is 5. The number of pyridine rings is 1. The standard InChI is InChI=1S/C12H11N3O3S/c1-8-2-4-13-6-9(8)15-5-3-10(16)14-12(15)19-7-11(17)18/h2-6H,7H2,1H3,(H,17,18). The molecule has 2 rings (SSSR count). The zero-order chi connectivity index (χ0) is 13.8. The molecule has 2 heterocycles. The number of carbonyl (C=O) groups is 1. The first-order valence-electron chi connectivity index (χ1n) is 5.43. The van der Waals surface area contributed by atoms with Crippen LogP contribution in [0.5, 0.6) is 0 Å². The van der Waals surface area contributed by atoms with Crippen LogP contribution in [0.2, 0.25) is 0 Å². The Morgan fingerprint density at radius 3 is 2.95 bits per heavy atom. The fourth-order valence-corrected chi connectivity index (χ4v) is 2.21. The molecule has 1 N–H and O–H groups in total. The van der Waals surface area contributed by atoms with Gasteiger partial charge in [-0.3, -0.25) is 19.1 Å². The van der Waals surface area contributed by atoms with E-state index in [2.05, 4.69) is 9.97 Å². The minimum atomic E-state index is -0.961. The van der Waals surface area contributed by atoms with Gasteiger partial charge in [-0.15, -0.1) is 0 Å². The second kappa shape index (κ2) is 5.66. The van der Waals surface area contributed by atoms with Gasteiger partial charge in [0, 0.05) is 18.5 Å². The van der Waals surface area contributed by atoms with Crippen molar-refractivity contribution in [3.05, 3.63) is 46.6 Å². The van der Waals surface area contributed by atoms with Crippen LogP contribution in [0, 0.1) is 6.92 Å². The Hall–Kier alpha value is -2.15. The van der Waals surface area contributed by atoms with Gasteiger partial charge in [-0.2, -0.15) is 4.98 Å². The Bertz CT molecular complexity index is 669. The number of rotatable bonds is 4. The number of carboxylic acid groups (broad SMARTS) is 1. The third-order valence-corrected chi connectivity index (χ3v) is 3.31. The molecule has 19 heavy (non-hydrogen) atoms. The first-order valence-corrected chi connectivity index (χ1v) is 6.42. The summed E-state index contributed by atoms with van der Waals surface area (Å²) in [5.41, 5.74) is 1.33. The van der Waals surface area contributed by atoms with Crippen molar-refractivity contribution in [2.24, 2.45) is 0 Å². The predicted molar refractivity (Wildman–Crippen MR) is 70.7 cm³/mol. The lowest BCUT2D eigenvalue weighted by atomic mass is 10.2. The number of thioether (sulfide) groups is 1. The van der Waals surface area contributed by atoms with Crippen LogP contribution < -0.4 is 5.56 Å². The SMILES string of the molecule is Cc1ccncc1-n1ccc(=O)nc1SCC(=O)O. The van der Waals surface area contributed by atoms with Gasteiger partial charge in [-0.1, -0.05) is 11.8 Å². The molecule has 0 aromatic carbocycles. The van der Waals surface area contributed by atoms with Crippen LogP contribution in [0.25, 0.3) is 5.69 Å². The molecule has 0 aliphatic carbocycles. The van der Waals surface area contributed by atoms with Crippen molar-refractivity contribution in [3.63, 3.8) is 0 Å². The van der Waals surface area contributed by atoms with Gasteiger partial charge in [0.1, 0.15) is 0 Å². The molecule has 7 heteroatoms. The first-order chi connectivity index (χ1) is 9.08. The average Bonchev–Trinajstić information content (AvgIpc) is 2.37.